The van der Waals surface area contributed by atoms with Crippen LogP contribution in [-0.4, -0.2) is 29.3 Å². The Morgan fingerprint density at radius 1 is 1.44 bits per heavy atom. The zero-order chi connectivity index (χ0) is 11.8. The number of hydrogen-bond donors (Lipinski definition) is 0. The summed E-state index contributed by atoms with van der Waals surface area (Å²) in [6.07, 6.45) is -4.12. The van der Waals surface area contributed by atoms with Crippen molar-refractivity contribution in [2.45, 2.75) is 19.2 Å². The van der Waals surface area contributed by atoms with Crippen LogP contribution in [0.25, 0.3) is 0 Å². The molecule has 1 aliphatic heterocycles. The second-order valence-corrected chi connectivity index (χ2v) is 3.41. The highest BCUT2D eigenvalue weighted by Crippen LogP contribution is 2.35. The Kier molecular flexibility index (Phi) is 2.71. The van der Waals surface area contributed by atoms with Crippen molar-refractivity contribution in [3.63, 3.8) is 0 Å². The summed E-state index contributed by atoms with van der Waals surface area (Å²) in [4.78, 5) is 7.17. The van der Waals surface area contributed by atoms with E-state index in [1.54, 1.807) is 0 Å². The number of nitrogens with zero attached hydrogens (tertiary/aromatic N) is 2. The molecule has 88 valence electrons. The molecule has 2 rings (SSSR count). The topological polar surface area (TPSA) is 44.2 Å². The lowest BCUT2D eigenvalue weighted by molar-refractivity contribution is -0.142. The van der Waals surface area contributed by atoms with Crippen molar-refractivity contribution in [2.75, 3.05) is 13.2 Å². The fourth-order valence-corrected chi connectivity index (χ4v) is 1.17. The van der Waals surface area contributed by atoms with E-state index in [4.69, 9.17) is 9.47 Å². The lowest BCUT2D eigenvalue weighted by Gasteiger charge is -2.27. The van der Waals surface area contributed by atoms with Gasteiger partial charge in [-0.15, -0.1) is 0 Å². The van der Waals surface area contributed by atoms with Gasteiger partial charge in [-0.2, -0.15) is 18.2 Å². The molecule has 0 bridgehead atoms. The van der Waals surface area contributed by atoms with E-state index in [1.807, 2.05) is 0 Å². The molecular weight excluding hydrogens is 225 g/mol. The Bertz CT molecular complexity index is 391. The molecule has 0 aliphatic carbocycles. The summed E-state index contributed by atoms with van der Waals surface area (Å²) >= 11 is 0. The molecule has 1 aliphatic rings. The molecule has 0 saturated carbocycles. The van der Waals surface area contributed by atoms with Crippen LogP contribution in [0.2, 0.25) is 0 Å². The maximum Gasteiger partial charge on any atom is 0.423 e. The Labute approximate surface area is 89.4 Å². The van der Waals surface area contributed by atoms with E-state index in [-0.39, 0.29) is 11.9 Å². The largest absolute Gasteiger partial charge is 0.469 e. The summed E-state index contributed by atoms with van der Waals surface area (Å²) in [6.45, 7) is 2.09. The van der Waals surface area contributed by atoms with Crippen molar-refractivity contribution < 1.29 is 22.6 Å². The molecule has 0 N–H and O–H groups in total. The molecular formula is C9H9F3N2O2. The lowest BCUT2D eigenvalue weighted by Crippen LogP contribution is -2.39. The number of hydrogen-bond acceptors (Lipinski definition) is 4. The molecule has 16 heavy (non-hydrogen) atoms. The first-order chi connectivity index (χ1) is 7.47. The van der Waals surface area contributed by atoms with E-state index in [1.165, 1.54) is 6.92 Å². The average Bonchev–Trinajstić information content (AvgIpc) is 2.09. The van der Waals surface area contributed by atoms with Gasteiger partial charge >= 0.3 is 6.18 Å². The van der Waals surface area contributed by atoms with E-state index in [9.17, 15) is 13.2 Å². The molecule has 1 aromatic heterocycles. The first-order valence-electron chi connectivity index (χ1n) is 4.62. The van der Waals surface area contributed by atoms with Gasteiger partial charge < -0.3 is 9.47 Å². The zero-order valence-electron chi connectivity index (χ0n) is 8.41. The molecule has 1 saturated heterocycles. The third-order valence-electron chi connectivity index (χ3n) is 2.07. The van der Waals surface area contributed by atoms with Gasteiger partial charge in [-0.3, -0.25) is 0 Å². The van der Waals surface area contributed by atoms with Gasteiger partial charge in [0.25, 0.3) is 0 Å². The Morgan fingerprint density at radius 2 is 2.12 bits per heavy atom. The number of alkyl halides is 3. The van der Waals surface area contributed by atoms with Gasteiger partial charge in [0.15, 0.2) is 0 Å². The van der Waals surface area contributed by atoms with Gasteiger partial charge in [0.05, 0.1) is 13.2 Å². The minimum Gasteiger partial charge on any atom is -0.469 e. The highest BCUT2D eigenvalue weighted by atomic mass is 19.4. The van der Waals surface area contributed by atoms with Gasteiger partial charge in [0.2, 0.25) is 5.88 Å². The third-order valence-corrected chi connectivity index (χ3v) is 2.07. The van der Waals surface area contributed by atoms with Crippen LogP contribution < -0.4 is 4.74 Å². The highest BCUT2D eigenvalue weighted by Gasteiger charge is 2.37. The van der Waals surface area contributed by atoms with Crippen LogP contribution in [0.4, 0.5) is 13.2 Å². The Morgan fingerprint density at radius 3 is 2.62 bits per heavy atom. The number of halogens is 3. The molecule has 0 atom stereocenters. The molecule has 0 radical (unpaired) electrons. The van der Waals surface area contributed by atoms with Gasteiger partial charge in [0, 0.05) is 6.20 Å². The monoisotopic (exact) mass is 234 g/mol. The van der Waals surface area contributed by atoms with Crippen molar-refractivity contribution in [3.8, 4) is 5.88 Å². The normalized spacial score (nSPS) is 17.0. The van der Waals surface area contributed by atoms with Gasteiger partial charge in [-0.25, -0.2) is 4.98 Å². The third kappa shape index (κ3) is 2.24. The summed E-state index contributed by atoms with van der Waals surface area (Å²) in [6, 6.07) is 0. The molecule has 7 heteroatoms. The second-order valence-electron chi connectivity index (χ2n) is 3.41. The first kappa shape index (κ1) is 11.1. The van der Waals surface area contributed by atoms with E-state index in [0.717, 1.165) is 6.20 Å². The molecule has 0 aromatic carbocycles. The van der Waals surface area contributed by atoms with Crippen molar-refractivity contribution in [1.82, 2.24) is 9.97 Å². The minimum atomic E-state index is -4.51. The second kappa shape index (κ2) is 3.89. The van der Waals surface area contributed by atoms with Crippen molar-refractivity contribution >= 4 is 0 Å². The lowest BCUT2D eigenvalue weighted by atomic mass is 10.3. The van der Waals surface area contributed by atoms with Crippen molar-refractivity contribution in [3.05, 3.63) is 17.6 Å². The van der Waals surface area contributed by atoms with Crippen LogP contribution in [0.15, 0.2) is 6.20 Å². The van der Waals surface area contributed by atoms with Gasteiger partial charge in [-0.1, -0.05) is 0 Å². The predicted octanol–water partition coefficient (Wildman–Crippen LogP) is 1.58. The van der Waals surface area contributed by atoms with Gasteiger partial charge in [-0.05, 0) is 6.92 Å². The van der Waals surface area contributed by atoms with Crippen LogP contribution in [0.1, 0.15) is 11.4 Å². The predicted molar refractivity (Wildman–Crippen MR) is 47.0 cm³/mol. The molecule has 0 amide bonds. The number of rotatable bonds is 2. The van der Waals surface area contributed by atoms with Crippen LogP contribution in [0.3, 0.4) is 0 Å². The summed E-state index contributed by atoms with van der Waals surface area (Å²) < 4.78 is 47.6. The molecule has 0 unspecified atom stereocenters. The summed E-state index contributed by atoms with van der Waals surface area (Å²) in [5, 5.41) is 0. The van der Waals surface area contributed by atoms with Crippen molar-refractivity contribution in [2.24, 2.45) is 0 Å². The maximum absolute atomic E-state index is 12.6. The molecule has 1 aromatic rings. The van der Waals surface area contributed by atoms with Crippen LogP contribution in [0.5, 0.6) is 5.88 Å². The standard InChI is InChI=1S/C9H9F3N2O2/c1-5-13-2-7(9(10,11)12)8(14-5)16-6-3-15-4-6/h2,6H,3-4H2,1H3. The zero-order valence-corrected chi connectivity index (χ0v) is 8.41. The summed E-state index contributed by atoms with van der Waals surface area (Å²) in [5.74, 6) is -0.184. The van der Waals surface area contributed by atoms with Crippen LogP contribution >= 0.6 is 0 Å². The fraction of sp³-hybridized carbons (Fsp3) is 0.556. The van der Waals surface area contributed by atoms with E-state index < -0.39 is 17.6 Å². The molecule has 0 spiro atoms. The molecule has 1 fully saturated rings. The number of ether oxygens (including phenoxy) is 2. The van der Waals surface area contributed by atoms with Gasteiger partial charge in [0.1, 0.15) is 17.5 Å². The molecule has 2 heterocycles. The molecule has 4 nitrogen and oxygen atoms in total. The quantitative estimate of drug-likeness (QED) is 0.779. The Balaban J connectivity index is 2.28. The number of aromatic nitrogens is 2. The van der Waals surface area contributed by atoms with E-state index in [2.05, 4.69) is 9.97 Å². The number of aryl methyl sites for hydroxylation is 1. The van der Waals surface area contributed by atoms with E-state index >= 15 is 0 Å². The van der Waals surface area contributed by atoms with Crippen LogP contribution in [0, 0.1) is 6.92 Å². The van der Waals surface area contributed by atoms with Crippen molar-refractivity contribution in [1.29, 1.82) is 0 Å². The smallest absolute Gasteiger partial charge is 0.423 e. The summed E-state index contributed by atoms with van der Waals surface area (Å²) in [7, 11) is 0. The highest BCUT2D eigenvalue weighted by molar-refractivity contribution is 5.27. The Hall–Kier alpha value is -1.37. The SMILES string of the molecule is Cc1ncc(C(F)(F)F)c(OC2COC2)n1. The minimum absolute atomic E-state index is 0.239. The van der Waals surface area contributed by atoms with Crippen LogP contribution in [-0.2, 0) is 10.9 Å². The first-order valence-corrected chi connectivity index (χ1v) is 4.62. The average molecular weight is 234 g/mol. The maximum atomic E-state index is 12.6. The van der Waals surface area contributed by atoms with E-state index in [0.29, 0.717) is 13.2 Å². The summed E-state index contributed by atoms with van der Waals surface area (Å²) in [5.41, 5.74) is -0.954. The fourth-order valence-electron chi connectivity index (χ4n) is 1.17.